The van der Waals surface area contributed by atoms with Crippen molar-refractivity contribution in [3.63, 3.8) is 0 Å². The summed E-state index contributed by atoms with van der Waals surface area (Å²) in [7, 11) is 0. The molecule has 0 saturated carbocycles. The molecule has 4 rings (SSSR count). The zero-order chi connectivity index (χ0) is 18.1. The Morgan fingerprint density at radius 2 is 1.85 bits per heavy atom. The Kier molecular flexibility index (Phi) is 4.48. The largest absolute Gasteiger partial charge is 0.375 e. The van der Waals surface area contributed by atoms with Crippen LogP contribution < -0.4 is 5.73 Å². The van der Waals surface area contributed by atoms with Crippen molar-refractivity contribution in [2.75, 3.05) is 5.73 Å². The van der Waals surface area contributed by atoms with Crippen molar-refractivity contribution in [3.05, 3.63) is 58.6 Å². The van der Waals surface area contributed by atoms with Crippen LogP contribution in [-0.2, 0) is 17.6 Å². The van der Waals surface area contributed by atoms with Gasteiger partial charge in [0.25, 0.3) is 0 Å². The summed E-state index contributed by atoms with van der Waals surface area (Å²) in [6, 6.07) is 14.0. The molecule has 0 fully saturated rings. The Labute approximate surface area is 158 Å². The number of carbonyl (C=O) groups is 1. The predicted molar refractivity (Wildman–Crippen MR) is 107 cm³/mol. The number of hydrogen-bond acceptors (Lipinski definition) is 7. The molecule has 2 aromatic carbocycles. The molecule has 0 saturated heterocycles. The SMILES string of the molecule is Cc1ccc(-c2nnc(CC(=O)Cc3ccc4nc(N)sc4c3)s2)cc1. The minimum Gasteiger partial charge on any atom is -0.375 e. The minimum atomic E-state index is 0.119. The van der Waals surface area contributed by atoms with Crippen molar-refractivity contribution < 1.29 is 4.79 Å². The Bertz CT molecular complexity index is 1080. The number of anilines is 1. The lowest BCUT2D eigenvalue weighted by Gasteiger charge is -1.99. The topological polar surface area (TPSA) is 81.8 Å². The summed E-state index contributed by atoms with van der Waals surface area (Å²) in [5.41, 5.74) is 9.80. The Hall–Kier alpha value is -2.64. The summed E-state index contributed by atoms with van der Waals surface area (Å²) < 4.78 is 1.00. The maximum Gasteiger partial charge on any atom is 0.181 e. The molecule has 0 bridgehead atoms. The number of fused-ring (bicyclic) bond motifs is 1. The van der Waals surface area contributed by atoms with E-state index < -0.39 is 0 Å². The minimum absolute atomic E-state index is 0.119. The first-order chi connectivity index (χ1) is 12.6. The normalized spacial score (nSPS) is 11.1. The fourth-order valence-corrected chi connectivity index (χ4v) is 4.36. The second kappa shape index (κ2) is 6.93. The highest BCUT2D eigenvalue weighted by atomic mass is 32.1. The summed E-state index contributed by atoms with van der Waals surface area (Å²) >= 11 is 2.90. The molecular weight excluding hydrogens is 364 g/mol. The van der Waals surface area contributed by atoms with E-state index in [9.17, 15) is 4.79 Å². The number of thiazole rings is 1. The first-order valence-electron chi connectivity index (χ1n) is 8.13. The van der Waals surface area contributed by atoms with E-state index in [1.807, 2.05) is 49.4 Å². The van der Waals surface area contributed by atoms with Gasteiger partial charge in [-0.05, 0) is 24.6 Å². The van der Waals surface area contributed by atoms with Gasteiger partial charge in [-0.2, -0.15) is 0 Å². The van der Waals surface area contributed by atoms with Gasteiger partial charge in [0.2, 0.25) is 0 Å². The molecule has 0 aliphatic carbocycles. The van der Waals surface area contributed by atoms with E-state index in [0.29, 0.717) is 18.0 Å². The van der Waals surface area contributed by atoms with E-state index in [4.69, 9.17) is 5.73 Å². The fourth-order valence-electron chi connectivity index (χ4n) is 2.69. The number of Topliss-reactive ketones (excluding diaryl/α,β-unsaturated/α-hetero) is 1. The Morgan fingerprint density at radius 3 is 2.65 bits per heavy atom. The number of rotatable bonds is 5. The van der Waals surface area contributed by atoms with Crippen LogP contribution >= 0.6 is 22.7 Å². The molecule has 2 N–H and O–H groups in total. The van der Waals surface area contributed by atoms with Crippen LogP contribution in [0.15, 0.2) is 42.5 Å². The third-order valence-electron chi connectivity index (χ3n) is 3.98. The van der Waals surface area contributed by atoms with Gasteiger partial charge in [-0.3, -0.25) is 4.79 Å². The van der Waals surface area contributed by atoms with Gasteiger partial charge < -0.3 is 5.73 Å². The number of nitrogens with zero attached hydrogens (tertiary/aromatic N) is 3. The van der Waals surface area contributed by atoms with Crippen LogP contribution in [0.1, 0.15) is 16.1 Å². The molecule has 26 heavy (non-hydrogen) atoms. The van der Waals surface area contributed by atoms with Crippen molar-refractivity contribution in [1.29, 1.82) is 0 Å². The van der Waals surface area contributed by atoms with E-state index in [1.165, 1.54) is 28.2 Å². The highest BCUT2D eigenvalue weighted by Crippen LogP contribution is 2.26. The molecule has 2 heterocycles. The van der Waals surface area contributed by atoms with Gasteiger partial charge in [0.15, 0.2) is 5.13 Å². The molecule has 0 aliphatic heterocycles. The average molecular weight is 380 g/mol. The lowest BCUT2D eigenvalue weighted by Crippen LogP contribution is -2.06. The van der Waals surface area contributed by atoms with Crippen molar-refractivity contribution >= 4 is 43.8 Å². The third-order valence-corrected chi connectivity index (χ3v) is 5.80. The molecule has 0 unspecified atom stereocenters. The van der Waals surface area contributed by atoms with Crippen LogP contribution in [0, 0.1) is 6.92 Å². The van der Waals surface area contributed by atoms with Gasteiger partial charge >= 0.3 is 0 Å². The highest BCUT2D eigenvalue weighted by molar-refractivity contribution is 7.22. The van der Waals surface area contributed by atoms with Crippen molar-refractivity contribution in [3.8, 4) is 10.6 Å². The number of nitrogens with two attached hydrogens (primary N) is 1. The number of hydrogen-bond donors (Lipinski definition) is 1. The average Bonchev–Trinajstić information content (AvgIpc) is 3.20. The van der Waals surface area contributed by atoms with Gasteiger partial charge in [-0.15, -0.1) is 10.2 Å². The van der Waals surface area contributed by atoms with E-state index >= 15 is 0 Å². The molecule has 5 nitrogen and oxygen atoms in total. The number of carbonyl (C=O) groups excluding carboxylic acids is 1. The summed E-state index contributed by atoms with van der Waals surface area (Å²) in [4.78, 5) is 16.6. The van der Waals surface area contributed by atoms with Gasteiger partial charge in [0.1, 0.15) is 15.8 Å². The third kappa shape index (κ3) is 3.63. The molecule has 2 aromatic heterocycles. The standard InChI is InChI=1S/C19H16N4OS2/c1-11-2-5-13(6-3-11)18-23-22-17(26-18)10-14(24)8-12-4-7-15-16(9-12)25-19(20)21-15/h2-7,9H,8,10H2,1H3,(H2,20,21). The van der Waals surface area contributed by atoms with Crippen LogP contribution in [-0.4, -0.2) is 21.0 Å². The first-order valence-corrected chi connectivity index (χ1v) is 9.76. The van der Waals surface area contributed by atoms with E-state index in [0.717, 1.165) is 31.4 Å². The molecule has 0 atom stereocenters. The summed E-state index contributed by atoms with van der Waals surface area (Å²) in [5, 5.41) is 10.5. The quantitative estimate of drug-likeness (QED) is 0.565. The smallest absolute Gasteiger partial charge is 0.181 e. The van der Waals surface area contributed by atoms with E-state index in [1.54, 1.807) is 0 Å². The summed E-state index contributed by atoms with van der Waals surface area (Å²) in [6.07, 6.45) is 0.666. The molecule has 0 aliphatic rings. The van der Waals surface area contributed by atoms with Gasteiger partial charge in [-0.25, -0.2) is 4.98 Å². The molecule has 130 valence electrons. The first kappa shape index (κ1) is 16.8. The van der Waals surface area contributed by atoms with Gasteiger partial charge in [0.05, 0.1) is 16.6 Å². The summed E-state index contributed by atoms with van der Waals surface area (Å²) in [6.45, 7) is 2.05. The Balaban J connectivity index is 1.45. The lowest BCUT2D eigenvalue weighted by atomic mass is 10.1. The monoisotopic (exact) mass is 380 g/mol. The second-order valence-electron chi connectivity index (χ2n) is 6.11. The van der Waals surface area contributed by atoms with Crippen molar-refractivity contribution in [2.45, 2.75) is 19.8 Å². The van der Waals surface area contributed by atoms with Gasteiger partial charge in [0, 0.05) is 12.0 Å². The van der Waals surface area contributed by atoms with E-state index in [2.05, 4.69) is 15.2 Å². The summed E-state index contributed by atoms with van der Waals surface area (Å²) in [5.74, 6) is 0.119. The maximum atomic E-state index is 12.4. The van der Waals surface area contributed by atoms with Crippen LogP contribution in [0.2, 0.25) is 0 Å². The lowest BCUT2D eigenvalue weighted by molar-refractivity contribution is -0.117. The van der Waals surface area contributed by atoms with Crippen LogP contribution in [0.3, 0.4) is 0 Å². The number of nitrogen functional groups attached to an aromatic ring is 1. The molecule has 0 amide bonds. The number of benzene rings is 2. The van der Waals surface area contributed by atoms with Crippen molar-refractivity contribution in [1.82, 2.24) is 15.2 Å². The number of aryl methyl sites for hydroxylation is 1. The molecule has 0 spiro atoms. The number of aromatic nitrogens is 3. The molecule has 4 aromatic rings. The van der Waals surface area contributed by atoms with Gasteiger partial charge in [-0.1, -0.05) is 58.6 Å². The molecule has 0 radical (unpaired) electrons. The molecule has 7 heteroatoms. The zero-order valence-electron chi connectivity index (χ0n) is 14.1. The predicted octanol–water partition coefficient (Wildman–Crippen LogP) is 4.06. The van der Waals surface area contributed by atoms with Crippen LogP contribution in [0.4, 0.5) is 5.13 Å². The highest BCUT2D eigenvalue weighted by Gasteiger charge is 2.12. The molecular formula is C19H16N4OS2. The van der Waals surface area contributed by atoms with Crippen molar-refractivity contribution in [2.24, 2.45) is 0 Å². The maximum absolute atomic E-state index is 12.4. The van der Waals surface area contributed by atoms with Crippen LogP contribution in [0.25, 0.3) is 20.8 Å². The second-order valence-corrected chi connectivity index (χ2v) is 8.24. The fraction of sp³-hybridized carbons (Fsp3) is 0.158. The van der Waals surface area contributed by atoms with E-state index in [-0.39, 0.29) is 5.78 Å². The zero-order valence-corrected chi connectivity index (χ0v) is 15.7. The Morgan fingerprint density at radius 1 is 1.04 bits per heavy atom. The van der Waals surface area contributed by atoms with Crippen LogP contribution in [0.5, 0.6) is 0 Å². The number of ketones is 1.